The predicted octanol–water partition coefficient (Wildman–Crippen LogP) is 2.09. The van der Waals surface area contributed by atoms with Crippen molar-refractivity contribution >= 4 is 17.1 Å². The number of hydrogen-bond donors (Lipinski definition) is 1. The summed E-state index contributed by atoms with van der Waals surface area (Å²) in [5.41, 5.74) is 1.32. The lowest BCUT2D eigenvalue weighted by Gasteiger charge is -2.12. The van der Waals surface area contributed by atoms with E-state index in [4.69, 9.17) is 15.3 Å². The molecule has 2 aromatic rings. The first kappa shape index (κ1) is 14.6. The molecule has 8 nitrogen and oxygen atoms in total. The molecule has 2 N–H and O–H groups in total. The molecule has 21 heavy (non-hydrogen) atoms. The lowest BCUT2D eigenvalue weighted by molar-refractivity contribution is 0.288. The van der Waals surface area contributed by atoms with E-state index in [9.17, 15) is 0 Å². The molecule has 110 valence electrons. The lowest BCUT2D eigenvalue weighted by atomic mass is 10.1. The quantitative estimate of drug-likeness (QED) is 0.379. The summed E-state index contributed by atoms with van der Waals surface area (Å²) in [5, 5.41) is 10.9. The second kappa shape index (κ2) is 7.13. The van der Waals surface area contributed by atoms with Gasteiger partial charge in [-0.1, -0.05) is 5.22 Å². The van der Waals surface area contributed by atoms with E-state index in [1.54, 1.807) is 0 Å². The minimum absolute atomic E-state index is 0.532. The highest BCUT2D eigenvalue weighted by Crippen LogP contribution is 2.32. The fraction of sp³-hybridized carbons (Fsp3) is 0.308. The van der Waals surface area contributed by atoms with Gasteiger partial charge in [-0.2, -0.15) is 0 Å². The van der Waals surface area contributed by atoms with Gasteiger partial charge in [0.1, 0.15) is 6.33 Å². The van der Waals surface area contributed by atoms with E-state index < -0.39 is 0 Å². The average molecular weight is 288 g/mol. The molecule has 0 atom stereocenters. The van der Waals surface area contributed by atoms with Crippen LogP contribution in [0.15, 0.2) is 34.0 Å². The van der Waals surface area contributed by atoms with Crippen molar-refractivity contribution < 1.29 is 9.47 Å². The van der Waals surface area contributed by atoms with Crippen LogP contribution in [0.4, 0.5) is 0 Å². The molecule has 0 radical (unpaired) electrons. The van der Waals surface area contributed by atoms with Crippen LogP contribution >= 0.6 is 0 Å². The van der Waals surface area contributed by atoms with E-state index >= 15 is 0 Å². The fourth-order valence-electron chi connectivity index (χ4n) is 1.83. The highest BCUT2D eigenvalue weighted by atomic mass is 16.5. The molecule has 0 saturated carbocycles. The number of rotatable bonds is 6. The minimum atomic E-state index is 0.532. The fourth-order valence-corrected chi connectivity index (χ4v) is 1.83. The third-order valence-electron chi connectivity index (χ3n) is 2.61. The molecule has 0 aliphatic heterocycles. The lowest BCUT2D eigenvalue weighted by Crippen LogP contribution is -2.00. The first-order chi connectivity index (χ1) is 10.3. The Bertz CT molecular complexity index is 671. The molecular formula is C13H16N6O2. The third-order valence-corrected chi connectivity index (χ3v) is 2.61. The summed E-state index contributed by atoms with van der Waals surface area (Å²) >= 11 is 0. The van der Waals surface area contributed by atoms with Crippen molar-refractivity contribution in [2.45, 2.75) is 13.8 Å². The van der Waals surface area contributed by atoms with Gasteiger partial charge in [-0.15, -0.1) is 5.10 Å². The molecule has 0 fully saturated rings. The molecular weight excluding hydrogens is 272 g/mol. The van der Waals surface area contributed by atoms with Crippen LogP contribution in [-0.4, -0.2) is 29.4 Å². The summed E-state index contributed by atoms with van der Waals surface area (Å²) in [7, 11) is 0. The number of nitrogens with two attached hydrogens (primary N) is 1. The number of fused-ring (bicyclic) bond motifs is 1. The van der Waals surface area contributed by atoms with Gasteiger partial charge in [0.05, 0.1) is 30.6 Å². The maximum Gasteiger partial charge on any atom is 0.163 e. The normalized spacial score (nSPS) is 11.5. The maximum atomic E-state index is 5.59. The topological polar surface area (TPSA) is 107 Å². The number of hydrogen-bond acceptors (Lipinski definition) is 6. The average Bonchev–Trinajstić information content (AvgIpc) is 2.49. The molecule has 1 aromatic heterocycles. The van der Waals surface area contributed by atoms with Gasteiger partial charge in [0.15, 0.2) is 11.5 Å². The van der Waals surface area contributed by atoms with Gasteiger partial charge in [0.2, 0.25) is 0 Å². The Hall–Kier alpha value is -2.77. The summed E-state index contributed by atoms with van der Waals surface area (Å²) in [6.07, 6.45) is 2.90. The van der Waals surface area contributed by atoms with Crippen molar-refractivity contribution in [3.05, 3.63) is 24.2 Å². The maximum absolute atomic E-state index is 5.59. The zero-order valence-corrected chi connectivity index (χ0v) is 11.9. The summed E-state index contributed by atoms with van der Waals surface area (Å²) in [6, 6.07) is 3.64. The van der Waals surface area contributed by atoms with Crippen molar-refractivity contribution in [2.24, 2.45) is 21.4 Å². The Balaban J connectivity index is 2.55. The first-order valence-corrected chi connectivity index (χ1v) is 6.47. The summed E-state index contributed by atoms with van der Waals surface area (Å²) in [6.45, 7) is 4.90. The highest BCUT2D eigenvalue weighted by Gasteiger charge is 2.10. The van der Waals surface area contributed by atoms with Gasteiger partial charge in [-0.05, 0) is 25.1 Å². The number of aromatic nitrogens is 2. The van der Waals surface area contributed by atoms with E-state index in [0.29, 0.717) is 30.4 Å². The number of benzene rings is 1. The van der Waals surface area contributed by atoms with Crippen LogP contribution in [0, 0.1) is 0 Å². The molecule has 0 unspecified atom stereocenters. The second-order valence-electron chi connectivity index (χ2n) is 3.89. The van der Waals surface area contributed by atoms with Crippen molar-refractivity contribution in [1.29, 1.82) is 0 Å². The number of nitrogens with zero attached hydrogens (tertiary/aromatic N) is 5. The highest BCUT2D eigenvalue weighted by molar-refractivity contribution is 5.97. The standard InChI is InChI=1S/C13H16N6O2/c1-3-20-12-5-9-10(6-13(12)21-4-2)15-8-16-11(9)7-17-19-18-14/h5-8H,3-4H2,1-2H3,(H2,14,19)/b17-7+. The van der Waals surface area contributed by atoms with Gasteiger partial charge < -0.3 is 15.3 Å². The zero-order valence-electron chi connectivity index (χ0n) is 11.9. The van der Waals surface area contributed by atoms with Gasteiger partial charge in [0, 0.05) is 11.5 Å². The van der Waals surface area contributed by atoms with Crippen LogP contribution in [0.1, 0.15) is 19.5 Å². The number of ether oxygens (including phenoxy) is 2. The molecule has 0 saturated heterocycles. The smallest absolute Gasteiger partial charge is 0.163 e. The zero-order chi connectivity index (χ0) is 15.1. The summed E-state index contributed by atoms with van der Waals surface area (Å²) in [4.78, 5) is 8.38. The van der Waals surface area contributed by atoms with Crippen molar-refractivity contribution in [3.8, 4) is 11.5 Å². The van der Waals surface area contributed by atoms with E-state index in [2.05, 4.69) is 25.5 Å². The van der Waals surface area contributed by atoms with Crippen LogP contribution in [-0.2, 0) is 0 Å². The summed E-state index contributed by atoms with van der Waals surface area (Å²) in [5.74, 6) is 6.18. The van der Waals surface area contributed by atoms with Crippen molar-refractivity contribution in [1.82, 2.24) is 9.97 Å². The van der Waals surface area contributed by atoms with Crippen LogP contribution in [0.5, 0.6) is 11.5 Å². The molecule has 1 aromatic carbocycles. The van der Waals surface area contributed by atoms with Crippen LogP contribution in [0.3, 0.4) is 0 Å². The molecule has 1 heterocycles. The third kappa shape index (κ3) is 3.41. The molecule has 2 rings (SSSR count). The van der Waals surface area contributed by atoms with E-state index in [-0.39, 0.29) is 0 Å². The molecule has 0 amide bonds. The van der Waals surface area contributed by atoms with Gasteiger partial charge in [-0.3, -0.25) is 0 Å². The Morgan fingerprint density at radius 2 is 1.86 bits per heavy atom. The van der Waals surface area contributed by atoms with Crippen molar-refractivity contribution in [3.63, 3.8) is 0 Å². The second-order valence-corrected chi connectivity index (χ2v) is 3.89. The predicted molar refractivity (Wildman–Crippen MR) is 78.5 cm³/mol. The Labute approximate surface area is 121 Å². The Morgan fingerprint density at radius 3 is 2.52 bits per heavy atom. The van der Waals surface area contributed by atoms with Gasteiger partial charge in [-0.25, -0.2) is 9.97 Å². The SMILES string of the molecule is CCOc1cc2ncnc(/C=N/N=N\N)c2cc1OCC. The molecule has 0 spiro atoms. The summed E-state index contributed by atoms with van der Waals surface area (Å²) < 4.78 is 11.2. The molecule has 0 bridgehead atoms. The molecule has 8 heteroatoms. The van der Waals surface area contributed by atoms with E-state index in [1.165, 1.54) is 12.5 Å². The van der Waals surface area contributed by atoms with E-state index in [1.807, 2.05) is 26.0 Å². The monoisotopic (exact) mass is 288 g/mol. The Kier molecular flexibility index (Phi) is 4.97. The van der Waals surface area contributed by atoms with Gasteiger partial charge >= 0.3 is 0 Å². The Morgan fingerprint density at radius 1 is 1.14 bits per heavy atom. The van der Waals surface area contributed by atoms with Crippen LogP contribution < -0.4 is 15.3 Å². The molecule has 0 aliphatic carbocycles. The largest absolute Gasteiger partial charge is 0.490 e. The van der Waals surface area contributed by atoms with Gasteiger partial charge in [0.25, 0.3) is 0 Å². The molecule has 0 aliphatic rings. The van der Waals surface area contributed by atoms with E-state index in [0.717, 1.165) is 10.9 Å². The minimum Gasteiger partial charge on any atom is -0.490 e. The van der Waals surface area contributed by atoms with Crippen LogP contribution in [0.25, 0.3) is 10.9 Å². The van der Waals surface area contributed by atoms with Crippen molar-refractivity contribution in [2.75, 3.05) is 13.2 Å². The first-order valence-electron chi connectivity index (χ1n) is 6.47. The van der Waals surface area contributed by atoms with Crippen LogP contribution in [0.2, 0.25) is 0 Å².